The Kier molecular flexibility index (Phi) is 6.17. The van der Waals surface area contributed by atoms with Crippen LogP contribution in [0.3, 0.4) is 0 Å². The molecule has 156 valence electrons. The standard InChI is InChI=1S/C23H28N6O/c1-24-23(25-18-19-7-9-20(10-8-19)29-12-4-11-26-29)28-15-13-27(14-16-28)21-5-3-6-22(17-21)30-2/h3-12,17H,13-16,18H2,1-2H3,(H,24,25). The summed E-state index contributed by atoms with van der Waals surface area (Å²) >= 11 is 0. The Morgan fingerprint density at radius 3 is 2.50 bits per heavy atom. The minimum absolute atomic E-state index is 0.738. The van der Waals surface area contributed by atoms with Gasteiger partial charge in [0, 0.05) is 63.9 Å². The molecule has 1 N–H and O–H groups in total. The molecule has 7 nitrogen and oxygen atoms in total. The van der Waals surface area contributed by atoms with E-state index in [1.54, 1.807) is 13.3 Å². The van der Waals surface area contributed by atoms with Gasteiger partial charge in [0.1, 0.15) is 5.75 Å². The van der Waals surface area contributed by atoms with Crippen molar-refractivity contribution in [2.75, 3.05) is 45.2 Å². The summed E-state index contributed by atoms with van der Waals surface area (Å²) < 4.78 is 7.21. The van der Waals surface area contributed by atoms with Gasteiger partial charge in [-0.15, -0.1) is 0 Å². The molecule has 0 bridgehead atoms. The third kappa shape index (κ3) is 4.56. The Hall–Kier alpha value is -3.48. The minimum atomic E-state index is 0.738. The fraction of sp³-hybridized carbons (Fsp3) is 0.304. The Labute approximate surface area is 177 Å². The number of ether oxygens (including phenoxy) is 1. The smallest absolute Gasteiger partial charge is 0.194 e. The van der Waals surface area contributed by atoms with Crippen LogP contribution in [-0.4, -0.2) is 61.0 Å². The topological polar surface area (TPSA) is 57.9 Å². The van der Waals surface area contributed by atoms with E-state index < -0.39 is 0 Å². The van der Waals surface area contributed by atoms with Crippen LogP contribution in [0, 0.1) is 0 Å². The number of methoxy groups -OCH3 is 1. The average Bonchev–Trinajstić information content (AvgIpc) is 3.35. The van der Waals surface area contributed by atoms with Gasteiger partial charge in [-0.1, -0.05) is 18.2 Å². The van der Waals surface area contributed by atoms with E-state index in [0.29, 0.717) is 0 Å². The van der Waals surface area contributed by atoms with Crippen LogP contribution >= 0.6 is 0 Å². The molecule has 0 atom stereocenters. The van der Waals surface area contributed by atoms with Gasteiger partial charge in [0.15, 0.2) is 5.96 Å². The highest BCUT2D eigenvalue weighted by molar-refractivity contribution is 5.80. The SMILES string of the molecule is CN=C(NCc1ccc(-n2cccn2)cc1)N1CCN(c2cccc(OC)c2)CC1. The number of hydrogen-bond acceptors (Lipinski definition) is 4. The van der Waals surface area contributed by atoms with E-state index in [-0.39, 0.29) is 0 Å². The molecule has 1 fully saturated rings. The molecule has 3 aromatic rings. The molecule has 0 aliphatic carbocycles. The molecule has 0 saturated carbocycles. The van der Waals surface area contributed by atoms with Crippen LogP contribution in [0.4, 0.5) is 5.69 Å². The molecular formula is C23H28N6O. The molecule has 2 aromatic carbocycles. The molecular weight excluding hydrogens is 376 g/mol. The lowest BCUT2D eigenvalue weighted by Gasteiger charge is -2.37. The molecule has 2 heterocycles. The Balaban J connectivity index is 1.31. The van der Waals surface area contributed by atoms with E-state index >= 15 is 0 Å². The number of aromatic nitrogens is 2. The van der Waals surface area contributed by atoms with Crippen molar-refractivity contribution in [2.45, 2.75) is 6.54 Å². The van der Waals surface area contributed by atoms with E-state index in [4.69, 9.17) is 4.74 Å². The van der Waals surface area contributed by atoms with Gasteiger partial charge in [0.05, 0.1) is 12.8 Å². The number of piperazine rings is 1. The first-order valence-corrected chi connectivity index (χ1v) is 10.2. The maximum absolute atomic E-state index is 5.35. The highest BCUT2D eigenvalue weighted by Gasteiger charge is 2.20. The second-order valence-electron chi connectivity index (χ2n) is 7.19. The van der Waals surface area contributed by atoms with Crippen LogP contribution in [0.5, 0.6) is 5.75 Å². The summed E-state index contributed by atoms with van der Waals surface area (Å²) in [6.45, 7) is 4.49. The molecule has 0 spiro atoms. The Morgan fingerprint density at radius 2 is 1.83 bits per heavy atom. The third-order valence-corrected chi connectivity index (χ3v) is 5.37. The second-order valence-corrected chi connectivity index (χ2v) is 7.19. The molecule has 0 amide bonds. The van der Waals surface area contributed by atoms with E-state index in [1.165, 1.54) is 11.3 Å². The summed E-state index contributed by atoms with van der Waals surface area (Å²) in [5, 5.41) is 7.76. The van der Waals surface area contributed by atoms with Gasteiger partial charge in [-0.25, -0.2) is 4.68 Å². The number of anilines is 1. The van der Waals surface area contributed by atoms with E-state index in [0.717, 1.165) is 50.1 Å². The quantitative estimate of drug-likeness (QED) is 0.524. The van der Waals surface area contributed by atoms with Gasteiger partial charge in [0.25, 0.3) is 0 Å². The second kappa shape index (κ2) is 9.35. The van der Waals surface area contributed by atoms with Gasteiger partial charge in [-0.05, 0) is 35.9 Å². The fourth-order valence-corrected chi connectivity index (χ4v) is 3.69. The van der Waals surface area contributed by atoms with Crippen LogP contribution in [0.25, 0.3) is 5.69 Å². The number of nitrogens with zero attached hydrogens (tertiary/aromatic N) is 5. The lowest BCUT2D eigenvalue weighted by atomic mass is 10.2. The van der Waals surface area contributed by atoms with Gasteiger partial charge >= 0.3 is 0 Å². The summed E-state index contributed by atoms with van der Waals surface area (Å²) in [7, 11) is 3.55. The van der Waals surface area contributed by atoms with Gasteiger partial charge in [-0.2, -0.15) is 5.10 Å². The van der Waals surface area contributed by atoms with Crippen LogP contribution in [-0.2, 0) is 6.54 Å². The number of aliphatic imine (C=N–C) groups is 1. The summed E-state index contributed by atoms with van der Waals surface area (Å²) in [4.78, 5) is 9.19. The lowest BCUT2D eigenvalue weighted by Crippen LogP contribution is -2.52. The van der Waals surface area contributed by atoms with Crippen molar-refractivity contribution < 1.29 is 4.74 Å². The molecule has 7 heteroatoms. The normalized spacial score (nSPS) is 14.7. The van der Waals surface area contributed by atoms with Crippen LogP contribution in [0.2, 0.25) is 0 Å². The number of benzene rings is 2. The first kappa shape index (κ1) is 19.8. The monoisotopic (exact) mass is 404 g/mol. The maximum Gasteiger partial charge on any atom is 0.194 e. The van der Waals surface area contributed by atoms with Crippen molar-refractivity contribution in [3.63, 3.8) is 0 Å². The summed E-state index contributed by atoms with van der Waals surface area (Å²) in [6.07, 6.45) is 3.73. The summed E-state index contributed by atoms with van der Waals surface area (Å²) in [5.41, 5.74) is 3.47. The fourth-order valence-electron chi connectivity index (χ4n) is 3.69. The number of guanidine groups is 1. The highest BCUT2D eigenvalue weighted by Crippen LogP contribution is 2.22. The van der Waals surface area contributed by atoms with E-state index in [1.807, 2.05) is 36.1 Å². The molecule has 1 aliphatic rings. The molecule has 0 unspecified atom stereocenters. The van der Waals surface area contributed by atoms with Crippen LogP contribution in [0.15, 0.2) is 72.0 Å². The average molecular weight is 405 g/mol. The van der Waals surface area contributed by atoms with Crippen LogP contribution in [0.1, 0.15) is 5.56 Å². The minimum Gasteiger partial charge on any atom is -0.497 e. The molecule has 1 saturated heterocycles. The molecule has 4 rings (SSSR count). The maximum atomic E-state index is 5.35. The zero-order chi connectivity index (χ0) is 20.8. The molecule has 30 heavy (non-hydrogen) atoms. The molecule has 0 radical (unpaired) electrons. The first-order chi connectivity index (χ1) is 14.8. The number of rotatable bonds is 5. The van der Waals surface area contributed by atoms with Crippen molar-refractivity contribution in [1.29, 1.82) is 0 Å². The van der Waals surface area contributed by atoms with E-state index in [9.17, 15) is 0 Å². The Bertz CT molecular complexity index is 960. The van der Waals surface area contributed by atoms with Crippen molar-refractivity contribution in [2.24, 2.45) is 4.99 Å². The molecule has 1 aromatic heterocycles. The van der Waals surface area contributed by atoms with Gasteiger partial charge in [-0.3, -0.25) is 4.99 Å². The Morgan fingerprint density at radius 1 is 1.03 bits per heavy atom. The largest absolute Gasteiger partial charge is 0.497 e. The van der Waals surface area contributed by atoms with Crippen molar-refractivity contribution >= 4 is 11.6 Å². The predicted molar refractivity (Wildman–Crippen MR) is 121 cm³/mol. The van der Waals surface area contributed by atoms with Gasteiger partial charge < -0.3 is 19.9 Å². The van der Waals surface area contributed by atoms with Crippen molar-refractivity contribution in [3.05, 3.63) is 72.6 Å². The summed E-state index contributed by atoms with van der Waals surface area (Å²) in [6, 6.07) is 18.6. The highest BCUT2D eigenvalue weighted by atomic mass is 16.5. The van der Waals surface area contributed by atoms with Crippen molar-refractivity contribution in [1.82, 2.24) is 20.0 Å². The van der Waals surface area contributed by atoms with Crippen molar-refractivity contribution in [3.8, 4) is 11.4 Å². The number of hydrogen-bond donors (Lipinski definition) is 1. The first-order valence-electron chi connectivity index (χ1n) is 10.2. The number of nitrogens with one attached hydrogen (secondary N) is 1. The predicted octanol–water partition coefficient (Wildman–Crippen LogP) is 2.78. The molecule has 1 aliphatic heterocycles. The third-order valence-electron chi connectivity index (χ3n) is 5.37. The summed E-state index contributed by atoms with van der Waals surface area (Å²) in [5.74, 6) is 1.84. The lowest BCUT2D eigenvalue weighted by molar-refractivity contribution is 0.372. The zero-order valence-corrected chi connectivity index (χ0v) is 17.5. The van der Waals surface area contributed by atoms with Gasteiger partial charge in [0.2, 0.25) is 0 Å². The van der Waals surface area contributed by atoms with E-state index in [2.05, 4.69) is 61.6 Å². The zero-order valence-electron chi connectivity index (χ0n) is 17.5. The van der Waals surface area contributed by atoms with Crippen LogP contribution < -0.4 is 15.0 Å².